The molecule has 0 spiro atoms. The van der Waals surface area contributed by atoms with Crippen LogP contribution in [0.2, 0.25) is 0 Å². The molecule has 108 valence electrons. The van der Waals surface area contributed by atoms with E-state index in [2.05, 4.69) is 25.3 Å². The summed E-state index contributed by atoms with van der Waals surface area (Å²) in [5.74, 6) is 2.18. The Morgan fingerprint density at radius 1 is 1.10 bits per heavy atom. The molecule has 0 amide bonds. The lowest BCUT2D eigenvalue weighted by atomic mass is 10.3. The van der Waals surface area contributed by atoms with Gasteiger partial charge in [0.25, 0.3) is 0 Å². The van der Waals surface area contributed by atoms with Crippen LogP contribution in [0.3, 0.4) is 0 Å². The highest BCUT2D eigenvalue weighted by Gasteiger charge is 2.12. The van der Waals surface area contributed by atoms with Gasteiger partial charge in [-0.3, -0.25) is 0 Å². The topological polar surface area (TPSA) is 69.7 Å². The van der Waals surface area contributed by atoms with E-state index >= 15 is 0 Å². The van der Waals surface area contributed by atoms with Crippen molar-refractivity contribution < 1.29 is 0 Å². The highest BCUT2D eigenvalue weighted by atomic mass is 15.2. The average Bonchev–Trinajstić information content (AvgIpc) is 2.79. The molecule has 0 aliphatic rings. The van der Waals surface area contributed by atoms with E-state index in [0.29, 0.717) is 5.95 Å². The SMILES string of the molecule is Cc1cccc(Nc2nc(N(C)C)nc3[nH]c(C)cc23)n1. The predicted octanol–water partition coefficient (Wildman–Crippen LogP) is 2.78. The van der Waals surface area contributed by atoms with Gasteiger partial charge in [0.2, 0.25) is 5.95 Å². The van der Waals surface area contributed by atoms with Crippen LogP contribution in [0.15, 0.2) is 24.3 Å². The van der Waals surface area contributed by atoms with Gasteiger partial charge >= 0.3 is 0 Å². The molecule has 0 atom stereocenters. The van der Waals surface area contributed by atoms with Gasteiger partial charge in [0.15, 0.2) is 0 Å². The largest absolute Gasteiger partial charge is 0.347 e. The molecule has 0 aromatic carbocycles. The Labute approximate surface area is 123 Å². The fourth-order valence-corrected chi connectivity index (χ4v) is 2.16. The average molecular weight is 282 g/mol. The molecular formula is C15H18N6. The van der Waals surface area contributed by atoms with Crippen molar-refractivity contribution in [2.45, 2.75) is 13.8 Å². The van der Waals surface area contributed by atoms with Crippen molar-refractivity contribution in [2.24, 2.45) is 0 Å². The van der Waals surface area contributed by atoms with Crippen LogP contribution in [-0.2, 0) is 0 Å². The van der Waals surface area contributed by atoms with E-state index in [1.165, 1.54) is 0 Å². The summed E-state index contributed by atoms with van der Waals surface area (Å²) in [5.41, 5.74) is 2.83. The molecule has 0 saturated heterocycles. The minimum absolute atomic E-state index is 0.652. The number of fused-ring (bicyclic) bond motifs is 1. The molecule has 21 heavy (non-hydrogen) atoms. The molecule has 3 heterocycles. The fourth-order valence-electron chi connectivity index (χ4n) is 2.16. The highest BCUT2D eigenvalue weighted by molar-refractivity contribution is 5.90. The summed E-state index contributed by atoms with van der Waals surface area (Å²) >= 11 is 0. The van der Waals surface area contributed by atoms with Gasteiger partial charge in [-0.25, -0.2) is 4.98 Å². The van der Waals surface area contributed by atoms with Crippen LogP contribution in [0, 0.1) is 13.8 Å². The van der Waals surface area contributed by atoms with Gasteiger partial charge < -0.3 is 15.2 Å². The summed E-state index contributed by atoms with van der Waals surface area (Å²) in [6, 6.07) is 7.90. The molecular weight excluding hydrogens is 264 g/mol. The number of hydrogen-bond donors (Lipinski definition) is 2. The molecule has 6 nitrogen and oxygen atoms in total. The number of rotatable bonds is 3. The van der Waals surface area contributed by atoms with E-state index in [-0.39, 0.29) is 0 Å². The Kier molecular flexibility index (Phi) is 3.21. The number of aromatic amines is 1. The second kappa shape index (κ2) is 5.05. The molecule has 0 aliphatic heterocycles. The smallest absolute Gasteiger partial charge is 0.228 e. The van der Waals surface area contributed by atoms with Crippen LogP contribution >= 0.6 is 0 Å². The third-order valence-corrected chi connectivity index (χ3v) is 3.15. The Hall–Kier alpha value is -2.63. The Bertz CT molecular complexity index is 790. The first-order valence-corrected chi connectivity index (χ1v) is 6.78. The molecule has 3 rings (SSSR count). The molecule has 0 bridgehead atoms. The Balaban J connectivity index is 2.11. The zero-order valence-electron chi connectivity index (χ0n) is 12.6. The Morgan fingerprint density at radius 3 is 2.62 bits per heavy atom. The van der Waals surface area contributed by atoms with E-state index in [0.717, 1.165) is 34.1 Å². The lowest BCUT2D eigenvalue weighted by Gasteiger charge is -2.13. The minimum atomic E-state index is 0.652. The van der Waals surface area contributed by atoms with Crippen LogP contribution in [0.1, 0.15) is 11.4 Å². The number of nitrogens with zero attached hydrogens (tertiary/aromatic N) is 4. The normalized spacial score (nSPS) is 10.9. The first-order valence-electron chi connectivity index (χ1n) is 6.78. The first-order chi connectivity index (χ1) is 10.0. The number of aromatic nitrogens is 4. The number of aryl methyl sites for hydroxylation is 2. The van der Waals surface area contributed by atoms with Crippen LogP contribution < -0.4 is 10.2 Å². The van der Waals surface area contributed by atoms with E-state index < -0.39 is 0 Å². The maximum Gasteiger partial charge on any atom is 0.228 e. The monoisotopic (exact) mass is 282 g/mol. The van der Waals surface area contributed by atoms with Gasteiger partial charge in [-0.1, -0.05) is 6.07 Å². The molecule has 0 unspecified atom stereocenters. The lowest BCUT2D eigenvalue weighted by Crippen LogP contribution is -2.13. The maximum absolute atomic E-state index is 4.58. The van der Waals surface area contributed by atoms with Gasteiger partial charge in [0.05, 0.1) is 5.39 Å². The molecule has 6 heteroatoms. The third-order valence-electron chi connectivity index (χ3n) is 3.15. The van der Waals surface area contributed by atoms with Crippen LogP contribution in [0.4, 0.5) is 17.6 Å². The maximum atomic E-state index is 4.58. The summed E-state index contributed by atoms with van der Waals surface area (Å²) in [7, 11) is 3.84. The zero-order chi connectivity index (χ0) is 15.0. The summed E-state index contributed by atoms with van der Waals surface area (Å²) in [5, 5.41) is 4.25. The van der Waals surface area contributed by atoms with E-state index in [1.54, 1.807) is 0 Å². The fraction of sp³-hybridized carbons (Fsp3) is 0.267. The van der Waals surface area contributed by atoms with E-state index in [4.69, 9.17) is 0 Å². The summed E-state index contributed by atoms with van der Waals surface area (Å²) in [4.78, 5) is 18.7. The van der Waals surface area contributed by atoms with Crippen molar-refractivity contribution in [3.05, 3.63) is 35.7 Å². The molecule has 0 radical (unpaired) electrons. The number of pyridine rings is 1. The Morgan fingerprint density at radius 2 is 1.90 bits per heavy atom. The molecule has 2 N–H and O–H groups in total. The van der Waals surface area contributed by atoms with E-state index in [1.807, 2.05) is 57.1 Å². The standard InChI is InChI=1S/C15H18N6/c1-9-6-5-7-12(16-9)18-14-11-8-10(2)17-13(11)19-15(20-14)21(3)4/h5-8H,1-4H3,(H2,16,17,18,19,20). The third kappa shape index (κ3) is 2.65. The summed E-state index contributed by atoms with van der Waals surface area (Å²) in [6.45, 7) is 3.97. The predicted molar refractivity (Wildman–Crippen MR) is 85.2 cm³/mol. The van der Waals surface area contributed by atoms with Gasteiger partial charge in [0.1, 0.15) is 17.3 Å². The van der Waals surface area contributed by atoms with Crippen LogP contribution in [0.25, 0.3) is 11.0 Å². The summed E-state index contributed by atoms with van der Waals surface area (Å²) in [6.07, 6.45) is 0. The zero-order valence-corrected chi connectivity index (χ0v) is 12.6. The van der Waals surface area contributed by atoms with Crippen molar-refractivity contribution in [2.75, 3.05) is 24.3 Å². The lowest BCUT2D eigenvalue weighted by molar-refractivity contribution is 1.01. The number of H-pyrrole nitrogens is 1. The number of nitrogens with one attached hydrogen (secondary N) is 2. The van der Waals surface area contributed by atoms with Gasteiger partial charge in [-0.05, 0) is 32.0 Å². The first kappa shape index (κ1) is 13.4. The van der Waals surface area contributed by atoms with E-state index in [9.17, 15) is 0 Å². The van der Waals surface area contributed by atoms with Gasteiger partial charge in [-0.2, -0.15) is 9.97 Å². The van der Waals surface area contributed by atoms with Crippen molar-refractivity contribution in [3.8, 4) is 0 Å². The molecule has 3 aromatic heterocycles. The van der Waals surface area contributed by atoms with Gasteiger partial charge in [0, 0.05) is 25.5 Å². The quantitative estimate of drug-likeness (QED) is 0.773. The highest BCUT2D eigenvalue weighted by Crippen LogP contribution is 2.25. The van der Waals surface area contributed by atoms with Crippen molar-refractivity contribution in [1.82, 2.24) is 19.9 Å². The second-order valence-corrected chi connectivity index (χ2v) is 5.27. The number of hydrogen-bond acceptors (Lipinski definition) is 5. The molecule has 3 aromatic rings. The molecule has 0 aliphatic carbocycles. The van der Waals surface area contributed by atoms with Crippen LogP contribution in [0.5, 0.6) is 0 Å². The van der Waals surface area contributed by atoms with Crippen molar-refractivity contribution in [3.63, 3.8) is 0 Å². The number of anilines is 3. The molecule has 0 saturated carbocycles. The molecule has 0 fully saturated rings. The minimum Gasteiger partial charge on any atom is -0.347 e. The van der Waals surface area contributed by atoms with Crippen LogP contribution in [-0.4, -0.2) is 34.0 Å². The second-order valence-electron chi connectivity index (χ2n) is 5.27. The van der Waals surface area contributed by atoms with Crippen molar-refractivity contribution in [1.29, 1.82) is 0 Å². The van der Waals surface area contributed by atoms with Crippen molar-refractivity contribution >= 4 is 28.6 Å². The van der Waals surface area contributed by atoms with Gasteiger partial charge in [-0.15, -0.1) is 0 Å². The summed E-state index contributed by atoms with van der Waals surface area (Å²) < 4.78 is 0.